The third kappa shape index (κ3) is 5.40. The molecule has 9 heteroatoms. The molecule has 1 saturated heterocycles. The first-order chi connectivity index (χ1) is 12.7. The highest BCUT2D eigenvalue weighted by Gasteiger charge is 2.29. The van der Waals surface area contributed by atoms with Gasteiger partial charge in [-0.25, -0.2) is 8.42 Å². The monoisotopic (exact) mass is 428 g/mol. The molecule has 0 aromatic heterocycles. The Morgan fingerprint density at radius 3 is 1.89 bits per heavy atom. The predicted molar refractivity (Wildman–Crippen MR) is 106 cm³/mol. The summed E-state index contributed by atoms with van der Waals surface area (Å²) < 4.78 is 58.7. The highest BCUT2D eigenvalue weighted by Crippen LogP contribution is 2.33. The van der Waals surface area contributed by atoms with Crippen molar-refractivity contribution >= 4 is 31.7 Å². The molecular weight excluding hydrogens is 408 g/mol. The van der Waals surface area contributed by atoms with Crippen molar-refractivity contribution in [1.29, 1.82) is 0 Å². The fourth-order valence-electron chi connectivity index (χ4n) is 2.15. The normalized spacial score (nSPS) is 16.9. The molecule has 0 radical (unpaired) electrons. The number of hydrogen-bond donors (Lipinski definition) is 0. The molecular formula is C18H20O6S3. The highest BCUT2D eigenvalue weighted by molar-refractivity contribution is 8.08. The van der Waals surface area contributed by atoms with Crippen LogP contribution in [0.3, 0.4) is 0 Å². The second kappa shape index (κ2) is 7.73. The lowest BCUT2D eigenvalue weighted by Crippen LogP contribution is -2.19. The molecule has 0 N–H and O–H groups in total. The molecule has 1 heterocycles. The molecule has 1 unspecified atom stereocenters. The maximum absolute atomic E-state index is 12.2. The van der Waals surface area contributed by atoms with Gasteiger partial charge in [0.1, 0.15) is 17.2 Å². The Labute approximate surface area is 163 Å². The van der Waals surface area contributed by atoms with E-state index >= 15 is 0 Å². The van der Waals surface area contributed by atoms with Crippen molar-refractivity contribution in [2.45, 2.75) is 29.2 Å². The standard InChI is InChI=1S/C18H20O6S3/c1-13(2)27(21,22)24-16-5-3-14(4-6-16)23-15-7-9-18(10-8-15)26(19,20)12-17-11-25-17/h3-10,13,17H,11-12H2,1-2H3. The molecule has 2 aromatic rings. The van der Waals surface area contributed by atoms with E-state index in [1.807, 2.05) is 0 Å². The summed E-state index contributed by atoms with van der Waals surface area (Å²) in [5, 5.41) is -0.423. The number of thioether (sulfide) groups is 1. The average Bonchev–Trinajstić information content (AvgIpc) is 3.40. The number of sulfone groups is 1. The maximum atomic E-state index is 12.2. The third-order valence-corrected chi connectivity index (χ3v) is 8.43. The lowest BCUT2D eigenvalue weighted by Gasteiger charge is -2.11. The second-order valence-corrected chi connectivity index (χ2v) is 11.9. The number of hydrogen-bond acceptors (Lipinski definition) is 7. The van der Waals surface area contributed by atoms with Gasteiger partial charge in [0.05, 0.1) is 15.9 Å². The van der Waals surface area contributed by atoms with E-state index in [2.05, 4.69) is 0 Å². The van der Waals surface area contributed by atoms with Crippen LogP contribution in [0.4, 0.5) is 0 Å². The number of benzene rings is 2. The van der Waals surface area contributed by atoms with Gasteiger partial charge in [0, 0.05) is 11.0 Å². The fraction of sp³-hybridized carbons (Fsp3) is 0.333. The molecule has 2 aromatic carbocycles. The summed E-state index contributed by atoms with van der Waals surface area (Å²) >= 11 is 1.65. The Kier molecular flexibility index (Phi) is 5.73. The zero-order valence-corrected chi connectivity index (χ0v) is 17.3. The van der Waals surface area contributed by atoms with Crippen LogP contribution in [0, 0.1) is 0 Å². The lowest BCUT2D eigenvalue weighted by atomic mass is 10.3. The molecule has 27 heavy (non-hydrogen) atoms. The SMILES string of the molecule is CC(C)S(=O)(=O)Oc1ccc(Oc2ccc(S(=O)(=O)CC3CS3)cc2)cc1. The Morgan fingerprint density at radius 1 is 0.926 bits per heavy atom. The Balaban J connectivity index is 1.65. The second-order valence-electron chi connectivity index (χ2n) is 6.41. The number of ether oxygens (including phenoxy) is 1. The first-order valence-corrected chi connectivity index (χ1v) is 12.5. The summed E-state index contributed by atoms with van der Waals surface area (Å²) in [6, 6.07) is 12.4. The molecule has 6 nitrogen and oxygen atoms in total. The Hall–Kier alpha value is -1.71. The Bertz CT molecular complexity index is 990. The molecule has 1 fully saturated rings. The van der Waals surface area contributed by atoms with Crippen molar-refractivity contribution in [3.63, 3.8) is 0 Å². The van der Waals surface area contributed by atoms with Crippen LogP contribution in [-0.4, -0.2) is 38.8 Å². The van der Waals surface area contributed by atoms with Gasteiger partial charge in [-0.05, 0) is 62.4 Å². The van der Waals surface area contributed by atoms with Crippen LogP contribution in [0.25, 0.3) is 0 Å². The minimum atomic E-state index is -3.65. The Morgan fingerprint density at radius 2 is 1.41 bits per heavy atom. The van der Waals surface area contributed by atoms with Gasteiger partial charge in [0.2, 0.25) is 0 Å². The van der Waals surface area contributed by atoms with Crippen LogP contribution in [0.5, 0.6) is 17.2 Å². The van der Waals surface area contributed by atoms with Crippen molar-refractivity contribution in [2.75, 3.05) is 11.5 Å². The highest BCUT2D eigenvalue weighted by atomic mass is 32.2. The van der Waals surface area contributed by atoms with Gasteiger partial charge < -0.3 is 8.92 Å². The van der Waals surface area contributed by atoms with Gasteiger partial charge >= 0.3 is 10.1 Å². The van der Waals surface area contributed by atoms with E-state index in [0.29, 0.717) is 11.5 Å². The summed E-state index contributed by atoms with van der Waals surface area (Å²) in [4.78, 5) is 0.282. The van der Waals surface area contributed by atoms with E-state index in [9.17, 15) is 16.8 Å². The molecule has 0 spiro atoms. The minimum Gasteiger partial charge on any atom is -0.457 e. The van der Waals surface area contributed by atoms with Crippen molar-refractivity contribution < 1.29 is 25.8 Å². The van der Waals surface area contributed by atoms with Crippen LogP contribution in [0.2, 0.25) is 0 Å². The van der Waals surface area contributed by atoms with E-state index in [1.54, 1.807) is 49.9 Å². The van der Waals surface area contributed by atoms with Gasteiger partial charge in [-0.1, -0.05) is 0 Å². The predicted octanol–water partition coefficient (Wildman–Crippen LogP) is 3.49. The maximum Gasteiger partial charge on any atom is 0.311 e. The zero-order valence-electron chi connectivity index (χ0n) is 14.9. The van der Waals surface area contributed by atoms with Gasteiger partial charge in [0.25, 0.3) is 0 Å². The van der Waals surface area contributed by atoms with Gasteiger partial charge in [-0.15, -0.1) is 0 Å². The zero-order chi connectivity index (χ0) is 19.7. The van der Waals surface area contributed by atoms with Crippen LogP contribution < -0.4 is 8.92 Å². The van der Waals surface area contributed by atoms with Crippen LogP contribution >= 0.6 is 11.8 Å². The molecule has 1 atom stereocenters. The molecule has 1 aliphatic rings. The largest absolute Gasteiger partial charge is 0.457 e. The summed E-state index contributed by atoms with van der Waals surface area (Å²) in [5.74, 6) is 2.24. The van der Waals surface area contributed by atoms with E-state index < -0.39 is 25.2 Å². The molecule has 0 aliphatic carbocycles. The lowest BCUT2D eigenvalue weighted by molar-refractivity contribution is 0.469. The van der Waals surface area contributed by atoms with E-state index in [4.69, 9.17) is 8.92 Å². The fourth-order valence-corrected chi connectivity index (χ4v) is 5.40. The minimum absolute atomic E-state index is 0.165. The van der Waals surface area contributed by atoms with E-state index in [0.717, 1.165) is 5.75 Å². The third-order valence-electron chi connectivity index (χ3n) is 3.84. The summed E-state index contributed by atoms with van der Waals surface area (Å²) in [6.45, 7) is 3.08. The van der Waals surface area contributed by atoms with Crippen LogP contribution in [0.15, 0.2) is 53.4 Å². The smallest absolute Gasteiger partial charge is 0.311 e. The van der Waals surface area contributed by atoms with Gasteiger partial charge in [-0.3, -0.25) is 0 Å². The summed E-state index contributed by atoms with van der Waals surface area (Å²) in [6.07, 6.45) is 0. The number of rotatable bonds is 8. The molecule has 0 bridgehead atoms. The topological polar surface area (TPSA) is 86.7 Å². The molecule has 0 amide bonds. The molecule has 146 valence electrons. The van der Waals surface area contributed by atoms with Crippen LogP contribution in [-0.2, 0) is 20.0 Å². The summed E-state index contributed by atoms with van der Waals surface area (Å²) in [7, 11) is -6.91. The average molecular weight is 429 g/mol. The molecule has 0 saturated carbocycles. The van der Waals surface area contributed by atoms with Crippen molar-refractivity contribution in [3.8, 4) is 17.2 Å². The van der Waals surface area contributed by atoms with E-state index in [-0.39, 0.29) is 21.6 Å². The van der Waals surface area contributed by atoms with Gasteiger partial charge in [-0.2, -0.15) is 20.2 Å². The quantitative estimate of drug-likeness (QED) is 0.470. The molecule has 1 aliphatic heterocycles. The first kappa shape index (κ1) is 20.0. The summed E-state index contributed by atoms with van der Waals surface area (Å²) in [5.41, 5.74) is 0. The van der Waals surface area contributed by atoms with E-state index in [1.165, 1.54) is 24.3 Å². The van der Waals surface area contributed by atoms with Crippen molar-refractivity contribution in [3.05, 3.63) is 48.5 Å². The molecule has 3 rings (SSSR count). The first-order valence-electron chi connectivity index (χ1n) is 8.31. The van der Waals surface area contributed by atoms with Crippen molar-refractivity contribution in [1.82, 2.24) is 0 Å². The van der Waals surface area contributed by atoms with Crippen LogP contribution in [0.1, 0.15) is 13.8 Å². The van der Waals surface area contributed by atoms with Crippen molar-refractivity contribution in [2.24, 2.45) is 0 Å². The van der Waals surface area contributed by atoms with Gasteiger partial charge in [0.15, 0.2) is 9.84 Å².